The first-order chi connectivity index (χ1) is 58.3. The molecule has 6 nitrogen and oxygen atoms in total. The van der Waals surface area contributed by atoms with Gasteiger partial charge in [0.25, 0.3) is 0 Å². The normalized spacial score (nSPS) is 13.4. The van der Waals surface area contributed by atoms with Crippen LogP contribution in [0.4, 0.5) is 17.1 Å². The molecule has 6 aromatic rings. The molecule has 0 amide bonds. The molecule has 0 heterocycles. The second-order valence-electron chi connectivity index (χ2n) is 33.7. The van der Waals surface area contributed by atoms with Crippen molar-refractivity contribution in [3.05, 3.63) is 281 Å². The number of unbranched alkanes of at least 4 members (excludes halogenated alkanes) is 12. The lowest BCUT2D eigenvalue weighted by Crippen LogP contribution is -2.26. The molecule has 0 saturated heterocycles. The van der Waals surface area contributed by atoms with Gasteiger partial charge in [-0.25, -0.2) is 13.7 Å². The predicted molar refractivity (Wildman–Crippen MR) is 597 cm³/mol. The molecule has 0 fully saturated rings. The maximum atomic E-state index is 6.85. The minimum absolute atomic E-state index is 0. The van der Waals surface area contributed by atoms with Crippen molar-refractivity contribution >= 4 is 123 Å². The molecule has 0 aromatic heterocycles. The molecule has 0 N–H and O–H groups in total. The lowest BCUT2D eigenvalue weighted by atomic mass is 9.88. The van der Waals surface area contributed by atoms with Crippen molar-refractivity contribution in [2.75, 3.05) is 93.2 Å². The van der Waals surface area contributed by atoms with Crippen molar-refractivity contribution in [1.82, 2.24) is 0 Å². The van der Waals surface area contributed by atoms with E-state index >= 15 is 0 Å². The molecule has 12 heteroatoms. The lowest BCUT2D eigenvalue weighted by molar-refractivity contribution is -0.528. The van der Waals surface area contributed by atoms with Crippen LogP contribution in [-0.2, 0) is 0 Å². The molecule has 0 unspecified atom stereocenters. The molecule has 0 aliphatic heterocycles. The minimum atomic E-state index is 0. The summed E-state index contributed by atoms with van der Waals surface area (Å²) >= 11 is 20.6. The lowest BCUT2D eigenvalue weighted by Gasteiger charge is -2.27. The van der Waals surface area contributed by atoms with E-state index in [4.69, 9.17) is 34.8 Å². The third-order valence-electron chi connectivity index (χ3n) is 23.8. The Hall–Kier alpha value is -6.87. The van der Waals surface area contributed by atoms with E-state index in [1.165, 1.54) is 272 Å². The van der Waals surface area contributed by atoms with Crippen LogP contribution in [0.2, 0.25) is 15.1 Å². The smallest absolute Gasteiger partial charge is 0.202 e. The molecule has 0 bridgehead atoms. The van der Waals surface area contributed by atoms with Gasteiger partial charge in [-0.05, 0) is 238 Å². The first kappa shape index (κ1) is 126. The topological polar surface area (TPSA) is 18.8 Å². The number of allylic oxidation sites excluding steroid dienone is 15. The fraction of sp³-hybridized carbons (Fsp3) is 0.513. The highest BCUT2D eigenvalue weighted by atomic mass is 35.5. The van der Waals surface area contributed by atoms with Crippen molar-refractivity contribution in [2.24, 2.45) is 0 Å². The zero-order valence-electron chi connectivity index (χ0n) is 79.3. The quantitative estimate of drug-likeness (QED) is 0.0355. The van der Waals surface area contributed by atoms with Crippen LogP contribution in [0.15, 0.2) is 216 Å². The zero-order valence-corrected chi connectivity index (χ0v) is 84.0. The number of halogens is 6. The number of nitrogens with zero attached hydrogens (tertiary/aromatic N) is 6. The van der Waals surface area contributed by atoms with Crippen molar-refractivity contribution < 1.29 is 13.7 Å². The molecule has 3 aliphatic rings. The molecule has 720 valence electrons. The van der Waals surface area contributed by atoms with Crippen molar-refractivity contribution in [1.29, 1.82) is 0 Å². The van der Waals surface area contributed by atoms with E-state index in [-0.39, 0.29) is 81.8 Å². The average molecular weight is 1890 g/mol. The van der Waals surface area contributed by atoms with Crippen molar-refractivity contribution in [3.8, 4) is 0 Å². The van der Waals surface area contributed by atoms with Crippen molar-refractivity contribution in [3.63, 3.8) is 0 Å². The highest BCUT2D eigenvalue weighted by Gasteiger charge is 2.27. The molecule has 129 heavy (non-hydrogen) atoms. The largest absolute Gasteiger partial charge is 0.371 e. The van der Waals surface area contributed by atoms with Crippen LogP contribution in [0.1, 0.15) is 353 Å². The Morgan fingerprint density at radius 1 is 0.256 bits per heavy atom. The van der Waals surface area contributed by atoms with Gasteiger partial charge in [0.15, 0.2) is 0 Å². The highest BCUT2D eigenvalue weighted by Crippen LogP contribution is 2.41. The van der Waals surface area contributed by atoms with Gasteiger partial charge in [0.2, 0.25) is 17.1 Å². The summed E-state index contributed by atoms with van der Waals surface area (Å²) in [6.07, 6.45) is 50.3. The van der Waals surface area contributed by atoms with Crippen LogP contribution >= 0.6 is 72.0 Å². The second-order valence-corrected chi connectivity index (χ2v) is 35.0. The number of rotatable bonds is 45. The van der Waals surface area contributed by atoms with Crippen LogP contribution in [0, 0.1) is 20.8 Å². The van der Waals surface area contributed by atoms with Gasteiger partial charge in [0.1, 0.15) is 39.3 Å². The Morgan fingerprint density at radius 2 is 0.450 bits per heavy atom. The number of hydrogen-bond acceptors (Lipinski definition) is 3. The average Bonchev–Trinajstić information content (AvgIpc) is 0.789. The summed E-state index contributed by atoms with van der Waals surface area (Å²) in [5.74, 6) is 0. The Labute approximate surface area is 827 Å². The Kier molecular flexibility index (Phi) is 68.4. The van der Waals surface area contributed by atoms with Gasteiger partial charge in [-0.2, -0.15) is 0 Å². The first-order valence-corrected chi connectivity index (χ1v) is 48.5. The SMILES string of the molecule is C.C.C.C.C.C.CCCCN(CCCC)c1ccc(/C(=C2\C=CC(=[N+](CCCC)CCCC)C(C)=C2)c2ccccc2Cl)cc1C.CCCCN(CCCC)c1ccc(C(=C2C=CC(=[N+](CCCC)CCCC)C(C)=C2)c2ccccc2Cl)cc1C.CCCCN(CCCC)c1ccc(C(=C2C=CC(=[N+](CCCC)CCCC)C(C)=C2)c2ccccc2Cl)cc1C.Cl.Cl.Cl. The molecular formula is C117H183Cl6N6+3. The van der Waals surface area contributed by atoms with Gasteiger partial charge in [-0.3, -0.25) is 0 Å². The fourth-order valence-electron chi connectivity index (χ4n) is 16.7. The van der Waals surface area contributed by atoms with E-state index in [1.54, 1.807) is 0 Å². The highest BCUT2D eigenvalue weighted by molar-refractivity contribution is 6.33. The summed E-state index contributed by atoms with van der Waals surface area (Å²) in [4.78, 5) is 7.75. The van der Waals surface area contributed by atoms with Gasteiger partial charge >= 0.3 is 0 Å². The molecular weight excluding hydrogens is 1700 g/mol. The summed E-state index contributed by atoms with van der Waals surface area (Å²) in [5.41, 5.74) is 30.3. The van der Waals surface area contributed by atoms with Crippen molar-refractivity contribution in [2.45, 2.75) is 323 Å². The summed E-state index contributed by atoms with van der Waals surface area (Å²) in [5, 5.41) is 2.38. The number of aryl methyl sites for hydroxylation is 3. The van der Waals surface area contributed by atoms with Gasteiger partial charge < -0.3 is 14.7 Å². The fourth-order valence-corrected chi connectivity index (χ4v) is 17.4. The van der Waals surface area contributed by atoms with E-state index in [2.05, 4.69) is 299 Å². The van der Waals surface area contributed by atoms with E-state index in [9.17, 15) is 0 Å². The van der Waals surface area contributed by atoms with Gasteiger partial charge in [-0.1, -0.05) is 312 Å². The molecule has 6 aromatic carbocycles. The van der Waals surface area contributed by atoms with Crippen LogP contribution in [0.3, 0.4) is 0 Å². The maximum absolute atomic E-state index is 6.85. The summed E-state index contributed by atoms with van der Waals surface area (Å²) in [7, 11) is 0. The van der Waals surface area contributed by atoms with Gasteiger partial charge in [-0.15, -0.1) is 37.2 Å². The molecule has 0 saturated carbocycles. The van der Waals surface area contributed by atoms with E-state index in [0.717, 1.165) is 110 Å². The summed E-state index contributed by atoms with van der Waals surface area (Å²) < 4.78 is 7.75. The maximum Gasteiger partial charge on any atom is 0.202 e. The van der Waals surface area contributed by atoms with Crippen LogP contribution in [0.25, 0.3) is 16.7 Å². The number of anilines is 3. The van der Waals surface area contributed by atoms with E-state index in [0.29, 0.717) is 0 Å². The number of benzene rings is 6. The second kappa shape index (κ2) is 69.9. The number of hydrogen-bond donors (Lipinski definition) is 0. The first-order valence-electron chi connectivity index (χ1n) is 47.3. The predicted octanol–water partition coefficient (Wildman–Crippen LogP) is 36.4. The standard InChI is InChI=1S/3C37H52ClN2.6CH4.3ClH/c3*1-7-11-23-39(24-12-8-2)35-21-19-31(27-29(35)5)37(33-17-15-16-18-34(33)38)32-20-22-36(30(6)28-32)40(25-13-9-3)26-14-10-4;;;;;;;;;/h3*15-22,27-28H,7-14,23-26H2,1-6H3;6*1H4;3*1H/q3*+1;;;;;;;;;. The summed E-state index contributed by atoms with van der Waals surface area (Å²) in [6.45, 7) is 54.3. The molecule has 3 aliphatic carbocycles. The van der Waals surface area contributed by atoms with Gasteiger partial charge in [0.05, 0.1) is 0 Å². The molecule has 0 radical (unpaired) electrons. The monoisotopic (exact) mass is 1880 g/mol. The van der Waals surface area contributed by atoms with Crippen LogP contribution in [-0.4, -0.2) is 109 Å². The molecule has 0 spiro atoms. The molecule has 9 rings (SSSR count). The molecule has 0 atom stereocenters. The van der Waals surface area contributed by atoms with Crippen LogP contribution < -0.4 is 14.7 Å². The van der Waals surface area contributed by atoms with E-state index in [1.807, 2.05) is 36.4 Å². The van der Waals surface area contributed by atoms with Crippen LogP contribution in [0.5, 0.6) is 0 Å². The Morgan fingerprint density at radius 3 is 0.620 bits per heavy atom. The zero-order chi connectivity index (χ0) is 86.7. The Balaban J connectivity index is -0.00000178. The Bertz CT molecular complexity index is 4110. The third-order valence-corrected chi connectivity index (χ3v) is 24.8. The minimum Gasteiger partial charge on any atom is -0.371 e. The van der Waals surface area contributed by atoms with Gasteiger partial charge in [0, 0.05) is 162 Å². The van der Waals surface area contributed by atoms with E-state index < -0.39 is 0 Å². The third kappa shape index (κ3) is 38.2. The summed E-state index contributed by atoms with van der Waals surface area (Å²) in [6, 6.07) is 45.9.